The topological polar surface area (TPSA) is 129 Å². The van der Waals surface area contributed by atoms with E-state index in [-0.39, 0.29) is 73.1 Å². The van der Waals surface area contributed by atoms with Crippen molar-refractivity contribution in [1.29, 1.82) is 0 Å². The van der Waals surface area contributed by atoms with Crippen molar-refractivity contribution in [3.63, 3.8) is 0 Å². The molecule has 11 nitrogen and oxygen atoms in total. The summed E-state index contributed by atoms with van der Waals surface area (Å²) in [5.74, 6) is 0.610. The molecule has 0 aromatic heterocycles. The monoisotopic (exact) mass is 971 g/mol. The Balaban J connectivity index is 1.45. The van der Waals surface area contributed by atoms with E-state index in [0.29, 0.717) is 84.1 Å². The van der Waals surface area contributed by atoms with Gasteiger partial charge in [0.2, 0.25) is 5.91 Å². The average Bonchev–Trinajstić information content (AvgIpc) is 3.87. The zero-order valence-corrected chi connectivity index (χ0v) is 44.6. The first-order valence-electron chi connectivity index (χ1n) is 29.2. The van der Waals surface area contributed by atoms with E-state index in [9.17, 15) is 24.0 Å². The van der Waals surface area contributed by atoms with Crippen LogP contribution in [0.15, 0.2) is 0 Å². The van der Waals surface area contributed by atoms with Crippen molar-refractivity contribution in [2.24, 2.45) is 28.6 Å². The lowest BCUT2D eigenvalue weighted by Gasteiger charge is -2.45. The van der Waals surface area contributed by atoms with Crippen molar-refractivity contribution >= 4 is 29.8 Å². The van der Waals surface area contributed by atoms with Gasteiger partial charge in [0.1, 0.15) is 13.2 Å². The van der Waals surface area contributed by atoms with Crippen molar-refractivity contribution in [2.45, 2.75) is 252 Å². The molecule has 4 fully saturated rings. The molecule has 4 rings (SSSR count). The molecule has 2 spiro atoms. The van der Waals surface area contributed by atoms with Gasteiger partial charge >= 0.3 is 23.9 Å². The number of nitrogens with zero attached hydrogens (tertiary/aromatic N) is 2. The van der Waals surface area contributed by atoms with Crippen LogP contribution in [0.5, 0.6) is 0 Å². The summed E-state index contributed by atoms with van der Waals surface area (Å²) in [5, 5.41) is 0. The highest BCUT2D eigenvalue weighted by molar-refractivity contribution is 5.76. The summed E-state index contributed by atoms with van der Waals surface area (Å²) in [6.07, 6.45) is 34.3. The third-order valence-electron chi connectivity index (χ3n) is 16.7. The van der Waals surface area contributed by atoms with Crippen LogP contribution in [0.25, 0.3) is 0 Å². The van der Waals surface area contributed by atoms with E-state index in [1.54, 1.807) is 0 Å². The molecule has 11 heteroatoms. The summed E-state index contributed by atoms with van der Waals surface area (Å²) >= 11 is 0. The first-order chi connectivity index (χ1) is 33.6. The Hall–Kier alpha value is -2.69. The van der Waals surface area contributed by atoms with Crippen LogP contribution in [0.1, 0.15) is 252 Å². The molecular weight excluding hydrogens is 869 g/mol. The Morgan fingerprint density at radius 1 is 0.507 bits per heavy atom. The van der Waals surface area contributed by atoms with Crippen LogP contribution in [0.3, 0.4) is 0 Å². The second-order valence-electron chi connectivity index (χ2n) is 22.5. The van der Waals surface area contributed by atoms with E-state index in [1.807, 2.05) is 4.90 Å². The number of hydrogen-bond acceptors (Lipinski definition) is 10. The molecule has 4 aliphatic rings. The number of carbonyl (C=O) groups excluding carboxylic acids is 5. The quantitative estimate of drug-likeness (QED) is 0.0789. The predicted octanol–water partition coefficient (Wildman–Crippen LogP) is 13.3. The number of carbonyl (C=O) groups is 5. The van der Waals surface area contributed by atoms with E-state index in [4.69, 9.17) is 18.9 Å². The van der Waals surface area contributed by atoms with Crippen molar-refractivity contribution in [2.75, 3.05) is 59.2 Å². The maximum absolute atomic E-state index is 13.5. The summed E-state index contributed by atoms with van der Waals surface area (Å²) in [7, 11) is 0. The van der Waals surface area contributed by atoms with Gasteiger partial charge in [-0.25, -0.2) is 0 Å². The van der Waals surface area contributed by atoms with Gasteiger partial charge in [-0.05, 0) is 120 Å². The molecule has 0 aromatic rings. The van der Waals surface area contributed by atoms with Gasteiger partial charge in [0.25, 0.3) is 0 Å². The minimum absolute atomic E-state index is 0.0295. The number of piperidine rings is 1. The summed E-state index contributed by atoms with van der Waals surface area (Å²) in [6, 6.07) is 0. The summed E-state index contributed by atoms with van der Waals surface area (Å²) < 4.78 is 24.3. The number of likely N-dealkylation sites (tertiary alicyclic amines) is 2. The number of unbranched alkanes of at least 4 members (excludes halogenated alkanes) is 8. The van der Waals surface area contributed by atoms with E-state index >= 15 is 0 Å². The van der Waals surface area contributed by atoms with E-state index in [1.165, 1.54) is 103 Å². The number of hydrogen-bond donors (Lipinski definition) is 0. The van der Waals surface area contributed by atoms with Crippen molar-refractivity contribution in [3.8, 4) is 0 Å². The average molecular weight is 971 g/mol. The molecule has 69 heavy (non-hydrogen) atoms. The maximum Gasteiger partial charge on any atom is 0.305 e. The molecule has 3 aliphatic heterocycles. The third kappa shape index (κ3) is 23.6. The molecule has 398 valence electrons. The Morgan fingerprint density at radius 2 is 1.01 bits per heavy atom. The van der Waals surface area contributed by atoms with Gasteiger partial charge in [0.05, 0.1) is 13.2 Å². The van der Waals surface area contributed by atoms with Crippen molar-refractivity contribution < 1.29 is 42.9 Å². The van der Waals surface area contributed by atoms with Crippen LogP contribution in [-0.4, -0.2) is 98.7 Å². The Bertz CT molecular complexity index is 1430. The molecule has 1 saturated carbocycles. The first-order valence-corrected chi connectivity index (χ1v) is 29.2. The lowest BCUT2D eigenvalue weighted by molar-refractivity contribution is -0.158. The van der Waals surface area contributed by atoms with Gasteiger partial charge in [-0.1, -0.05) is 136 Å². The van der Waals surface area contributed by atoms with Crippen LogP contribution in [0.2, 0.25) is 0 Å². The fourth-order valence-corrected chi connectivity index (χ4v) is 12.2. The summed E-state index contributed by atoms with van der Waals surface area (Å²) in [5.41, 5.74) is -0.525. The number of ether oxygens (including phenoxy) is 4. The van der Waals surface area contributed by atoms with Gasteiger partial charge in [-0.15, -0.1) is 0 Å². The lowest BCUT2D eigenvalue weighted by Crippen LogP contribution is -2.48. The molecule has 0 aromatic carbocycles. The van der Waals surface area contributed by atoms with Gasteiger partial charge in [-0.2, -0.15) is 0 Å². The van der Waals surface area contributed by atoms with Gasteiger partial charge in [0.15, 0.2) is 0 Å². The summed E-state index contributed by atoms with van der Waals surface area (Å²) in [6.45, 7) is 12.0. The number of rotatable bonds is 17. The van der Waals surface area contributed by atoms with Crippen molar-refractivity contribution in [3.05, 3.63) is 0 Å². The Kier molecular flexibility index (Phi) is 29.6. The molecular formula is C58H102N2O9. The number of esters is 4. The molecule has 2 unspecified atom stereocenters. The van der Waals surface area contributed by atoms with Crippen LogP contribution < -0.4 is 0 Å². The lowest BCUT2D eigenvalue weighted by atomic mass is 9.61. The van der Waals surface area contributed by atoms with E-state index in [2.05, 4.69) is 25.7 Å². The highest BCUT2D eigenvalue weighted by atomic mass is 16.6. The highest BCUT2D eigenvalue weighted by Crippen LogP contribution is 2.49. The minimum atomic E-state index is -0.554. The van der Waals surface area contributed by atoms with Gasteiger partial charge in [0, 0.05) is 57.2 Å². The normalized spacial score (nSPS) is 26.6. The molecule has 3 heterocycles. The molecule has 0 radical (unpaired) electrons. The van der Waals surface area contributed by atoms with E-state index < -0.39 is 5.41 Å². The predicted molar refractivity (Wildman–Crippen MR) is 275 cm³/mol. The number of cyclic esters (lactones) is 4. The highest BCUT2D eigenvalue weighted by Gasteiger charge is 2.42. The smallest absolute Gasteiger partial charge is 0.305 e. The molecule has 0 bridgehead atoms. The molecule has 1 amide bonds. The van der Waals surface area contributed by atoms with Crippen LogP contribution in [0.4, 0.5) is 0 Å². The largest absolute Gasteiger partial charge is 0.465 e. The third-order valence-corrected chi connectivity index (χ3v) is 16.7. The second-order valence-corrected chi connectivity index (χ2v) is 22.5. The molecule has 1 aliphatic carbocycles. The molecule has 3 saturated heterocycles. The minimum Gasteiger partial charge on any atom is -0.465 e. The van der Waals surface area contributed by atoms with Gasteiger partial charge < -0.3 is 28.7 Å². The standard InChI is InChI=1S/C58H102N2O9/c1-4-7-9-11-12-15-26-50-44-58(35-23-27-49(25-6-3)28-24-36-58)51(29-16-10-8-5-2)46-67-54(63)31-18-14-20-33-56(65)69-48-57(47-68-55(64)32-19-13-17-30-53(62)66-45-50)37-42-60(43-38-57)52(61)34-41-59-39-21-22-40-59/h49-51H,4-48H2,1-3H3. The summed E-state index contributed by atoms with van der Waals surface area (Å²) in [4.78, 5) is 70.7. The molecule has 2 atom stereocenters. The fourth-order valence-electron chi connectivity index (χ4n) is 12.2. The SMILES string of the molecule is CCCCCCCCC1COC(=O)CCCCCC(=O)OCC2(CCN(C(=O)CCN3CCCC3)CC2)COC(=O)CCCCCC(=O)OCC(CCCCCC)C2(CCCC(CCC)CCC2)C1. The zero-order chi connectivity index (χ0) is 49.4. The second kappa shape index (κ2) is 34.6. The van der Waals surface area contributed by atoms with Crippen molar-refractivity contribution in [1.82, 2.24) is 9.80 Å². The molecule has 0 N–H and O–H groups in total. The van der Waals surface area contributed by atoms with Gasteiger partial charge in [-0.3, -0.25) is 24.0 Å². The van der Waals surface area contributed by atoms with Crippen LogP contribution >= 0.6 is 0 Å². The van der Waals surface area contributed by atoms with Crippen LogP contribution in [0, 0.1) is 28.6 Å². The first kappa shape index (κ1) is 58.9. The maximum atomic E-state index is 13.5. The fraction of sp³-hybridized carbons (Fsp3) is 0.914. The van der Waals surface area contributed by atoms with E-state index in [0.717, 1.165) is 83.3 Å². The zero-order valence-electron chi connectivity index (χ0n) is 44.6. The number of amides is 1. The Labute approximate surface area is 420 Å². The van der Waals surface area contributed by atoms with Crippen LogP contribution in [-0.2, 0) is 42.9 Å². The Morgan fingerprint density at radius 3 is 1.58 bits per heavy atom.